The van der Waals surface area contributed by atoms with Crippen LogP contribution in [0, 0.1) is 23.7 Å². The number of hydrogen-bond donors (Lipinski definition) is 2. The lowest BCUT2D eigenvalue weighted by Gasteiger charge is -2.50. The number of nitrogens with one attached hydrogen (secondary N) is 1. The molecule has 10 nitrogen and oxygen atoms in total. The lowest BCUT2D eigenvalue weighted by molar-refractivity contribution is -0.144. The number of aromatic nitrogens is 1. The monoisotopic (exact) mass is 782 g/mol. The van der Waals surface area contributed by atoms with E-state index in [9.17, 15) is 32.7 Å². The Kier molecular flexibility index (Phi) is 8.95. The smallest absolute Gasteiger partial charge is 0.417 e. The van der Waals surface area contributed by atoms with Crippen LogP contribution >= 0.6 is 23.2 Å². The number of imide groups is 2. The van der Waals surface area contributed by atoms with Gasteiger partial charge < -0.3 is 9.84 Å². The van der Waals surface area contributed by atoms with Gasteiger partial charge in [0.05, 0.1) is 40.9 Å². The second-order valence-electron chi connectivity index (χ2n) is 14.7. The first-order valence-corrected chi connectivity index (χ1v) is 18.6. The summed E-state index contributed by atoms with van der Waals surface area (Å²) in [7, 11) is 1.38. The Labute approximate surface area is 318 Å². The summed E-state index contributed by atoms with van der Waals surface area (Å²) in [5.74, 6) is -6.50. The molecule has 8 rings (SSSR count). The number of hydrazine groups is 1. The fraction of sp³-hybridized carbons (Fsp3) is 0.410. The predicted molar refractivity (Wildman–Crippen MR) is 190 cm³/mol. The highest BCUT2D eigenvalue weighted by atomic mass is 35.5. The van der Waals surface area contributed by atoms with E-state index in [0.717, 1.165) is 37.1 Å². The topological polar surface area (TPSA) is 129 Å². The molecule has 6 atom stereocenters. The second-order valence-corrected chi connectivity index (χ2v) is 15.5. The fourth-order valence-corrected chi connectivity index (χ4v) is 10.1. The number of methoxy groups -OCH3 is 1. The van der Waals surface area contributed by atoms with Gasteiger partial charge >= 0.3 is 6.18 Å². The number of ether oxygens (including phenoxy) is 1. The Morgan fingerprint density at radius 2 is 1.67 bits per heavy atom. The SMILES string of the molecule is COc1cc([C@H]2C3=CC[C@@H]4C(=O)N(C5CCCCC5)C(=O)[C@@H]4[C@@H]3C[C@H]3C(=O)N(Nc4ncc(C(F)(F)F)cc4Cl)C(=O)[C@@]23c2ccc(Cl)cc2)ccc1O. The van der Waals surface area contributed by atoms with Gasteiger partial charge in [-0.05, 0) is 73.1 Å². The molecule has 4 amide bonds. The summed E-state index contributed by atoms with van der Waals surface area (Å²) in [6.07, 6.45) is 2.30. The van der Waals surface area contributed by atoms with E-state index >= 15 is 4.79 Å². The lowest BCUT2D eigenvalue weighted by atomic mass is 9.49. The Morgan fingerprint density at radius 1 is 0.944 bits per heavy atom. The average molecular weight is 784 g/mol. The number of pyridine rings is 1. The van der Waals surface area contributed by atoms with Crippen LogP contribution in [0.15, 0.2) is 66.4 Å². The zero-order valence-electron chi connectivity index (χ0n) is 28.9. The summed E-state index contributed by atoms with van der Waals surface area (Å²) < 4.78 is 45.9. The summed E-state index contributed by atoms with van der Waals surface area (Å²) in [5.41, 5.74) is 1.41. The molecule has 4 fully saturated rings. The molecule has 3 aromatic rings. The van der Waals surface area contributed by atoms with Crippen molar-refractivity contribution in [2.24, 2.45) is 23.7 Å². The van der Waals surface area contributed by atoms with Crippen LogP contribution in [0.5, 0.6) is 11.5 Å². The number of phenols is 1. The molecule has 3 aliphatic carbocycles. The second kappa shape index (κ2) is 13.3. The number of benzene rings is 2. The summed E-state index contributed by atoms with van der Waals surface area (Å²) >= 11 is 12.6. The number of alkyl halides is 3. The van der Waals surface area contributed by atoms with E-state index in [4.69, 9.17) is 27.9 Å². The number of carbonyl (C=O) groups excluding carboxylic acids is 4. The first-order valence-electron chi connectivity index (χ1n) is 17.8. The standard InChI is InChI=1S/C39H35Cl2F3N4O6/c1-54-30-15-19(7-14-29(30)49)32-24-12-13-25-31(36(52)47(34(25)50)23-5-3-2-4-6-23)26(24)17-27-35(51)48(37(53)38(27,32)20-8-10-22(40)11-9-20)46-33-28(41)16-21(18-45-33)39(42,43)44/h7-12,14-16,18,23,25-27,31-32,49H,2-6,13,17H2,1H3,(H,45,46)/t25-,26+,27-,31-,32-,38+/m0/s1. The zero-order valence-corrected chi connectivity index (χ0v) is 30.4. The summed E-state index contributed by atoms with van der Waals surface area (Å²) in [6.45, 7) is 0. The third-order valence-electron chi connectivity index (χ3n) is 12.1. The number of carbonyl (C=O) groups is 4. The number of amides is 4. The molecule has 2 N–H and O–H groups in total. The van der Waals surface area contributed by atoms with Crippen LogP contribution in [0.25, 0.3) is 0 Å². The minimum absolute atomic E-state index is 0.00972. The number of nitrogens with zero attached hydrogens (tertiary/aromatic N) is 3. The van der Waals surface area contributed by atoms with Crippen molar-refractivity contribution in [3.05, 3.63) is 93.1 Å². The van der Waals surface area contributed by atoms with Crippen LogP contribution in [0.4, 0.5) is 19.0 Å². The van der Waals surface area contributed by atoms with Crippen molar-refractivity contribution in [3.63, 3.8) is 0 Å². The third-order valence-corrected chi connectivity index (χ3v) is 12.6. The maximum Gasteiger partial charge on any atom is 0.417 e. The van der Waals surface area contributed by atoms with Crippen molar-refractivity contribution in [2.75, 3.05) is 12.5 Å². The van der Waals surface area contributed by atoms with Gasteiger partial charge in [-0.1, -0.05) is 72.3 Å². The van der Waals surface area contributed by atoms with Gasteiger partial charge in [-0.15, -0.1) is 0 Å². The molecule has 0 unspecified atom stereocenters. The maximum atomic E-state index is 15.3. The highest BCUT2D eigenvalue weighted by molar-refractivity contribution is 6.33. The molecule has 15 heteroatoms. The van der Waals surface area contributed by atoms with E-state index in [-0.39, 0.29) is 48.0 Å². The van der Waals surface area contributed by atoms with Crippen molar-refractivity contribution >= 4 is 52.6 Å². The van der Waals surface area contributed by atoms with Crippen molar-refractivity contribution < 1.29 is 42.2 Å². The van der Waals surface area contributed by atoms with Gasteiger partial charge in [-0.25, -0.2) is 4.98 Å². The lowest BCUT2D eigenvalue weighted by Crippen LogP contribution is -2.53. The molecular weight excluding hydrogens is 748 g/mol. The van der Waals surface area contributed by atoms with Crippen LogP contribution in [0.3, 0.4) is 0 Å². The van der Waals surface area contributed by atoms with Crippen LogP contribution in [0.1, 0.15) is 67.6 Å². The average Bonchev–Trinajstić information content (AvgIpc) is 3.53. The first-order chi connectivity index (χ1) is 25.8. The largest absolute Gasteiger partial charge is 0.504 e. The predicted octanol–water partition coefficient (Wildman–Crippen LogP) is 7.44. The maximum absolute atomic E-state index is 15.3. The van der Waals surface area contributed by atoms with Gasteiger partial charge in [0.25, 0.3) is 11.8 Å². The molecule has 2 saturated heterocycles. The summed E-state index contributed by atoms with van der Waals surface area (Å²) in [4.78, 5) is 63.9. The minimum atomic E-state index is -4.74. The Bertz CT molecular complexity index is 2110. The Hall–Kier alpha value is -4.62. The molecule has 2 aliphatic heterocycles. The molecule has 2 aromatic carbocycles. The van der Waals surface area contributed by atoms with E-state index in [1.807, 2.05) is 6.08 Å². The first kappa shape index (κ1) is 36.4. The highest BCUT2D eigenvalue weighted by Gasteiger charge is 2.70. The summed E-state index contributed by atoms with van der Waals surface area (Å²) in [6, 6.07) is 11.6. The molecule has 282 valence electrons. The molecule has 3 heterocycles. The van der Waals surface area contributed by atoms with Crippen LogP contribution < -0.4 is 10.2 Å². The molecule has 0 radical (unpaired) electrons. The number of likely N-dealkylation sites (tertiary alicyclic amines) is 1. The molecule has 54 heavy (non-hydrogen) atoms. The number of allylic oxidation sites excluding steroid dienone is 2. The molecule has 2 saturated carbocycles. The highest BCUT2D eigenvalue weighted by Crippen LogP contribution is 2.64. The van der Waals surface area contributed by atoms with E-state index in [2.05, 4.69) is 10.4 Å². The van der Waals surface area contributed by atoms with Crippen molar-refractivity contribution in [3.8, 4) is 11.5 Å². The molecule has 0 spiro atoms. The van der Waals surface area contributed by atoms with Gasteiger partial charge in [0.2, 0.25) is 11.8 Å². The van der Waals surface area contributed by atoms with Gasteiger partial charge in [-0.3, -0.25) is 29.5 Å². The number of aromatic hydroxyl groups is 1. The number of fused-ring (bicyclic) bond motifs is 4. The van der Waals surface area contributed by atoms with Crippen LogP contribution in [-0.4, -0.2) is 56.8 Å². The van der Waals surface area contributed by atoms with E-state index in [0.29, 0.717) is 34.0 Å². The fourth-order valence-electron chi connectivity index (χ4n) is 9.76. The minimum Gasteiger partial charge on any atom is -0.504 e. The molecule has 1 aromatic heterocycles. The number of rotatable bonds is 6. The van der Waals surface area contributed by atoms with E-state index in [1.54, 1.807) is 36.4 Å². The third kappa shape index (κ3) is 5.48. The normalized spacial score (nSPS) is 28.5. The van der Waals surface area contributed by atoms with Gasteiger partial charge in [-0.2, -0.15) is 18.2 Å². The van der Waals surface area contributed by atoms with Gasteiger partial charge in [0.1, 0.15) is 0 Å². The number of halogens is 5. The molecule has 0 bridgehead atoms. The Balaban J connectivity index is 1.30. The van der Waals surface area contributed by atoms with Crippen LogP contribution in [0.2, 0.25) is 10.0 Å². The van der Waals surface area contributed by atoms with Crippen molar-refractivity contribution in [1.29, 1.82) is 0 Å². The zero-order chi connectivity index (χ0) is 38.3. The number of anilines is 1. The van der Waals surface area contributed by atoms with E-state index < -0.39 is 63.6 Å². The van der Waals surface area contributed by atoms with Gasteiger partial charge in [0, 0.05) is 23.2 Å². The van der Waals surface area contributed by atoms with Gasteiger partial charge in [0.15, 0.2) is 17.3 Å². The quantitative estimate of drug-likeness (QED) is 0.195. The van der Waals surface area contributed by atoms with Crippen LogP contribution in [-0.2, 0) is 30.8 Å². The molecular formula is C39H35Cl2F3N4O6. The Morgan fingerprint density at radius 3 is 2.33 bits per heavy atom. The van der Waals surface area contributed by atoms with Crippen molar-refractivity contribution in [2.45, 2.75) is 68.5 Å². The molecule has 5 aliphatic rings. The summed E-state index contributed by atoms with van der Waals surface area (Å²) in [5, 5.41) is 11.3. The van der Waals surface area contributed by atoms with E-state index in [1.165, 1.54) is 18.1 Å². The van der Waals surface area contributed by atoms with Crippen molar-refractivity contribution in [1.82, 2.24) is 14.9 Å². The number of hydrogen-bond acceptors (Lipinski definition) is 8. The number of phenolic OH excluding ortho intramolecular Hbond substituents is 1.